The molecule has 7 aliphatic rings. The Bertz CT molecular complexity index is 4890. The maximum atomic E-state index is 14.7. The Balaban J connectivity index is 0.000000146. The molecule has 2 saturated heterocycles. The van der Waals surface area contributed by atoms with E-state index >= 15 is 0 Å². The number of ketones is 1. The van der Waals surface area contributed by atoms with Gasteiger partial charge in [-0.3, -0.25) is 43.4 Å². The lowest BCUT2D eigenvalue weighted by Gasteiger charge is -2.69. The molecule has 17 heteroatoms. The summed E-state index contributed by atoms with van der Waals surface area (Å²) < 4.78 is 28.1. The molecular weight excluding hydrogens is 1230 g/mol. The third kappa shape index (κ3) is 9.16. The molecule has 7 aromatic rings. The number of aromatic hydroxyl groups is 1. The topological polar surface area (TPSA) is 204 Å². The third-order valence-corrected chi connectivity index (χ3v) is 24.6. The van der Waals surface area contributed by atoms with E-state index < -0.39 is 67.5 Å². The van der Waals surface area contributed by atoms with Crippen molar-refractivity contribution in [3.63, 3.8) is 0 Å². The molecule has 508 valence electrons. The molecule has 1 N–H and O–H groups in total. The molecule has 4 unspecified atom stereocenters. The molecular formula is C81H87N5O12. The summed E-state index contributed by atoms with van der Waals surface area (Å²) in [6.07, 6.45) is 0.273. The maximum absolute atomic E-state index is 14.7. The van der Waals surface area contributed by atoms with E-state index in [0.29, 0.717) is 61.3 Å². The zero-order valence-electron chi connectivity index (χ0n) is 59.7. The molecule has 6 aromatic carbocycles. The van der Waals surface area contributed by atoms with Gasteiger partial charge in [0.2, 0.25) is 0 Å². The first-order valence-corrected chi connectivity index (χ1v) is 33.3. The van der Waals surface area contributed by atoms with Gasteiger partial charge in [-0.05, 0) is 96.8 Å². The number of carbonyl (C=O) groups is 7. The Hall–Kier alpha value is -9.58. The van der Waals surface area contributed by atoms with Crippen LogP contribution in [0, 0.1) is 21.7 Å². The van der Waals surface area contributed by atoms with Crippen molar-refractivity contribution in [3.05, 3.63) is 190 Å². The fourth-order valence-electron chi connectivity index (χ4n) is 16.7. The Labute approximate surface area is 572 Å². The number of rotatable bonds is 5. The molecule has 98 heavy (non-hydrogen) atoms. The van der Waals surface area contributed by atoms with Gasteiger partial charge in [0.1, 0.15) is 11.2 Å². The normalized spacial score (nSPS) is 26.9. The van der Waals surface area contributed by atoms with Crippen LogP contribution in [0.4, 0.5) is 17.1 Å². The van der Waals surface area contributed by atoms with E-state index in [1.165, 1.54) is 13.8 Å². The summed E-state index contributed by atoms with van der Waals surface area (Å²) in [5, 5.41) is 12.8. The van der Waals surface area contributed by atoms with Gasteiger partial charge in [0.05, 0.1) is 77.8 Å². The first-order valence-electron chi connectivity index (χ1n) is 33.3. The van der Waals surface area contributed by atoms with E-state index in [-0.39, 0.29) is 41.7 Å². The Morgan fingerprint density at radius 2 is 0.857 bits per heavy atom. The van der Waals surface area contributed by atoms with Crippen molar-refractivity contribution in [1.82, 2.24) is 4.57 Å². The smallest absolute Gasteiger partial charge is 0.303 e. The number of ether oxygens (including phenoxy) is 4. The second kappa shape index (κ2) is 22.5. The van der Waals surface area contributed by atoms with E-state index in [9.17, 15) is 38.7 Å². The first kappa shape index (κ1) is 68.4. The van der Waals surface area contributed by atoms with Gasteiger partial charge in [-0.15, -0.1) is 0 Å². The van der Waals surface area contributed by atoms with Gasteiger partial charge in [0.15, 0.2) is 23.1 Å². The summed E-state index contributed by atoms with van der Waals surface area (Å²) in [6, 6.07) is 45.3. The second-order valence-corrected chi connectivity index (χ2v) is 30.5. The van der Waals surface area contributed by atoms with Crippen molar-refractivity contribution in [2.24, 2.45) is 33.7 Å². The number of aryl methyl sites for hydroxylation is 1. The minimum atomic E-state index is -1.27. The Morgan fingerprint density at radius 1 is 0.459 bits per heavy atom. The van der Waals surface area contributed by atoms with Gasteiger partial charge in [0, 0.05) is 78.1 Å². The summed E-state index contributed by atoms with van der Waals surface area (Å²) in [5.74, 6) is -1.90. The van der Waals surface area contributed by atoms with E-state index in [1.807, 2.05) is 256 Å². The Morgan fingerprint density at radius 3 is 1.36 bits per heavy atom. The highest BCUT2D eigenvalue weighted by Gasteiger charge is 2.76. The van der Waals surface area contributed by atoms with Crippen LogP contribution in [0.5, 0.6) is 5.88 Å². The molecule has 1 aromatic heterocycles. The van der Waals surface area contributed by atoms with Gasteiger partial charge < -0.3 is 33.5 Å². The summed E-state index contributed by atoms with van der Waals surface area (Å²) in [5.41, 5.74) is 0.193. The highest BCUT2D eigenvalue weighted by atomic mass is 16.6. The molecule has 17 nitrogen and oxygen atoms in total. The number of hydrogen-bond acceptors (Lipinski definition) is 12. The average Bonchev–Trinajstić information content (AvgIpc) is 0.936. The van der Waals surface area contributed by atoms with Crippen molar-refractivity contribution in [2.45, 2.75) is 165 Å². The predicted molar refractivity (Wildman–Crippen MR) is 378 cm³/mol. The highest BCUT2D eigenvalue weighted by molar-refractivity contribution is 6.50. The van der Waals surface area contributed by atoms with Crippen molar-refractivity contribution in [3.8, 4) is 5.88 Å². The van der Waals surface area contributed by atoms with Crippen molar-refractivity contribution in [2.75, 3.05) is 21.7 Å². The molecule has 0 spiro atoms. The molecule has 7 heterocycles. The number of carbonyl (C=O) groups excluding carboxylic acids is 7. The van der Waals surface area contributed by atoms with Crippen LogP contribution >= 0.6 is 0 Å². The van der Waals surface area contributed by atoms with Crippen LogP contribution in [0.3, 0.4) is 0 Å². The van der Waals surface area contributed by atoms with Gasteiger partial charge in [-0.1, -0.05) is 171 Å². The number of anilines is 3. The van der Waals surface area contributed by atoms with Crippen LogP contribution in [-0.4, -0.2) is 91.9 Å². The highest BCUT2D eigenvalue weighted by Crippen LogP contribution is 2.68. The number of allylic oxidation sites excluding steroid dienone is 1. The van der Waals surface area contributed by atoms with Crippen LogP contribution in [0.25, 0.3) is 38.8 Å². The van der Waals surface area contributed by atoms with E-state index in [4.69, 9.17) is 18.9 Å². The van der Waals surface area contributed by atoms with Gasteiger partial charge in [-0.25, -0.2) is 4.99 Å². The van der Waals surface area contributed by atoms with E-state index in [0.717, 1.165) is 38.5 Å². The van der Waals surface area contributed by atoms with Crippen molar-refractivity contribution >= 4 is 97.2 Å². The molecule has 6 aliphatic heterocycles. The molecule has 4 atom stereocenters. The number of fused-ring (bicyclic) bond motifs is 6. The largest absolute Gasteiger partial charge is 0.494 e. The summed E-state index contributed by atoms with van der Waals surface area (Å²) in [4.78, 5) is 103. The molecule has 0 saturated carbocycles. The molecule has 0 radical (unpaired) electrons. The quantitative estimate of drug-likeness (QED) is 0.126. The maximum Gasteiger partial charge on any atom is 0.303 e. The number of likely N-dealkylation sites (N-methyl/N-ethyl adjacent to an activating group) is 1. The summed E-state index contributed by atoms with van der Waals surface area (Å²) in [6.45, 7) is 34.5. The number of nitrogens with zero attached hydrogens (tertiary/aromatic N) is 5. The average molecular weight is 1320 g/mol. The van der Waals surface area contributed by atoms with Crippen molar-refractivity contribution < 1.29 is 57.6 Å². The van der Waals surface area contributed by atoms with Crippen LogP contribution in [0.2, 0.25) is 0 Å². The number of benzene rings is 6. The molecule has 4 amide bonds. The zero-order chi connectivity index (χ0) is 71.5. The van der Waals surface area contributed by atoms with Crippen LogP contribution in [0.15, 0.2) is 151 Å². The fourth-order valence-corrected chi connectivity index (χ4v) is 16.7. The number of para-hydroxylation sites is 5. The minimum Gasteiger partial charge on any atom is -0.494 e. The monoisotopic (exact) mass is 1320 g/mol. The van der Waals surface area contributed by atoms with Crippen LogP contribution in [-0.2, 0) is 66.0 Å². The summed E-state index contributed by atoms with van der Waals surface area (Å²) >= 11 is 0. The van der Waals surface area contributed by atoms with Gasteiger partial charge >= 0.3 is 11.9 Å². The predicted octanol–water partition coefficient (Wildman–Crippen LogP) is 13.0. The number of esters is 2. The van der Waals surface area contributed by atoms with Crippen LogP contribution < -0.4 is 25.3 Å². The lowest BCUT2D eigenvalue weighted by molar-refractivity contribution is -0.352. The third-order valence-electron chi connectivity index (χ3n) is 24.6. The van der Waals surface area contributed by atoms with E-state index in [2.05, 4.69) is 4.99 Å². The standard InChI is InChI=1S/C32H38N2O5.C32H37NO5.C17H12N2O2/c1-19(35)38-31(8)28(2,3)30(6,7)39-32(9,29(31,4)5)34-23-18-14-12-16-21(23)25(27(34)37)24-20-15-11-13-17-22(20)33(10)26(24)36;1-19(34)37-31(8)28(2,3)30(6,7)38-32(9,29(31,4)5)33-23-17-13-12-16-22(23)26(27(33)36)25-21-15-11-10-14-20(21)18-24(25)35;1-19-13-9-5-3-7-11(13)15(17(19)21)14-10-6-2-4-8-12(10)18-16(14)20/h11-18H,1-10H3;10-17H,18H2,1-9H3;2-9,21H,1H3/b25-24+;26-25+;. The minimum absolute atomic E-state index is 0.0635. The molecule has 1 aliphatic carbocycles. The zero-order valence-corrected chi connectivity index (χ0v) is 59.7. The number of hydrogen-bond donors (Lipinski definition) is 1. The van der Waals surface area contributed by atoms with Crippen molar-refractivity contribution in [1.29, 1.82) is 0 Å². The SMILES string of the molecule is CC(=O)OC1(C)C(C)(C)C(C)(C)OC(C)(N2C(=O)/C(=C3/C(=O)Cc4ccccc43)c3ccccc32)C1(C)C.CC(=O)OC1(C)C(C)(C)C(C)(C)OC(C)(N2C(=O)/C(=C3/C(=O)N(C)c4ccccc43)c3ccccc32)C1(C)C.Cn1c(O)c(C2=c3ccccc3=NC2=O)c2ccccc21. The number of Topliss-reactive ketones (excluding diaryl/α,β-unsaturated/α-hetero) is 1. The molecule has 0 bridgehead atoms. The Kier molecular flexibility index (Phi) is 15.7. The first-order chi connectivity index (χ1) is 45.6. The summed E-state index contributed by atoms with van der Waals surface area (Å²) in [7, 11) is 3.51. The van der Waals surface area contributed by atoms with Gasteiger partial charge in [0.25, 0.3) is 23.6 Å². The molecule has 2 fully saturated rings. The van der Waals surface area contributed by atoms with Gasteiger partial charge in [-0.2, -0.15) is 0 Å². The molecule has 14 rings (SSSR count). The second-order valence-electron chi connectivity index (χ2n) is 30.5. The lowest BCUT2D eigenvalue weighted by atomic mass is 9.50. The van der Waals surface area contributed by atoms with E-state index in [1.54, 1.807) is 33.4 Å². The van der Waals surface area contributed by atoms with Crippen LogP contribution in [0.1, 0.15) is 158 Å². The number of aromatic nitrogens is 1. The number of amides is 4. The fraction of sp³-hybridized carbons (Fsp3) is 0.383. The lowest BCUT2D eigenvalue weighted by Crippen LogP contribution is -2.79.